The molecule has 0 radical (unpaired) electrons. The number of anilines is 1. The zero-order chi connectivity index (χ0) is 35.7. The molecule has 4 aromatic rings. The van der Waals surface area contributed by atoms with E-state index in [9.17, 15) is 18.0 Å². The summed E-state index contributed by atoms with van der Waals surface area (Å²) in [6.07, 6.45) is 4.49. The maximum Gasteiger partial charge on any atom is 0.422 e. The molecule has 2 spiro atoms. The first kappa shape index (κ1) is 33.5. The quantitative estimate of drug-likeness (QED) is 0.207. The van der Waals surface area contributed by atoms with Crippen molar-refractivity contribution < 1.29 is 27.4 Å². The molecule has 0 atom stereocenters. The van der Waals surface area contributed by atoms with Gasteiger partial charge in [-0.2, -0.15) is 28.2 Å². The fourth-order valence-corrected chi connectivity index (χ4v) is 8.87. The monoisotopic (exact) mass is 701 g/mol. The standard InChI is InChI=1S/C38H42F3N7O3/c1-5-24-15-26-32(33(50-22-38(39,40)41)31(24)30-23(3)7-8-28-27(30)18-42-45-28)43-35(51-25-16-37(17-25)9-12-46(4)19-37)44-34(26)47-13-10-36(11-14-47)20-48(21-36)29(49)6-2/h5-8,15,18,25H,1-2,9-14,16-17,19-22H2,3-4H3,(H,42,45). The minimum absolute atomic E-state index is 0.00132. The molecule has 3 aliphatic heterocycles. The molecule has 10 nitrogen and oxygen atoms in total. The second-order valence-electron chi connectivity index (χ2n) is 15.1. The lowest BCUT2D eigenvalue weighted by Gasteiger charge is -2.54. The summed E-state index contributed by atoms with van der Waals surface area (Å²) in [5.41, 5.74) is 3.80. The van der Waals surface area contributed by atoms with E-state index in [0.717, 1.165) is 61.7 Å². The summed E-state index contributed by atoms with van der Waals surface area (Å²) in [7, 11) is 2.13. The van der Waals surface area contributed by atoms with E-state index in [4.69, 9.17) is 19.4 Å². The molecule has 1 aliphatic carbocycles. The number of hydrogen-bond acceptors (Lipinski definition) is 8. The van der Waals surface area contributed by atoms with Crippen LogP contribution in [0.2, 0.25) is 0 Å². The number of ether oxygens (including phenoxy) is 2. The van der Waals surface area contributed by atoms with Gasteiger partial charge in [-0.3, -0.25) is 9.89 Å². The molecule has 0 bridgehead atoms. The van der Waals surface area contributed by atoms with Crippen molar-refractivity contribution in [3.05, 3.63) is 54.8 Å². The Morgan fingerprint density at radius 2 is 1.78 bits per heavy atom. The van der Waals surface area contributed by atoms with Crippen LogP contribution in [0.25, 0.3) is 39.0 Å². The van der Waals surface area contributed by atoms with E-state index < -0.39 is 12.8 Å². The molecule has 1 amide bonds. The van der Waals surface area contributed by atoms with E-state index in [-0.39, 0.29) is 40.1 Å². The van der Waals surface area contributed by atoms with Gasteiger partial charge in [0, 0.05) is 54.5 Å². The van der Waals surface area contributed by atoms with Gasteiger partial charge in [0.05, 0.1) is 11.7 Å². The number of alkyl halides is 3. The fraction of sp³-hybridized carbons (Fsp3) is 0.474. The molecule has 1 saturated carbocycles. The number of hydrogen-bond donors (Lipinski definition) is 1. The first-order valence-electron chi connectivity index (χ1n) is 17.5. The number of H-pyrrole nitrogens is 1. The third-order valence-electron chi connectivity index (χ3n) is 11.5. The van der Waals surface area contributed by atoms with Crippen molar-refractivity contribution in [2.24, 2.45) is 10.8 Å². The SMILES string of the molecule is C=CC(=O)N1CC2(CCN(c3nc(OC4CC5(CCN(C)C5)C4)nc4c(OCC(F)(F)F)c(-c5c(C)ccc6[nH]ncc56)c(C=C)cc34)CC2)C1. The molecule has 13 heteroatoms. The van der Waals surface area contributed by atoms with Crippen molar-refractivity contribution in [1.29, 1.82) is 0 Å². The van der Waals surface area contributed by atoms with Crippen molar-refractivity contribution in [2.45, 2.75) is 51.3 Å². The first-order chi connectivity index (χ1) is 24.4. The van der Waals surface area contributed by atoms with Crippen LogP contribution in [-0.2, 0) is 4.79 Å². The molecule has 5 heterocycles. The van der Waals surface area contributed by atoms with Crippen LogP contribution in [0.3, 0.4) is 0 Å². The molecular weight excluding hydrogens is 659 g/mol. The number of aryl methyl sites for hydroxylation is 1. The predicted molar refractivity (Wildman–Crippen MR) is 190 cm³/mol. The Kier molecular flexibility index (Phi) is 8.04. The highest BCUT2D eigenvalue weighted by molar-refractivity contribution is 6.07. The Morgan fingerprint density at radius 3 is 2.45 bits per heavy atom. The number of piperidine rings is 1. The van der Waals surface area contributed by atoms with Gasteiger partial charge < -0.3 is 24.2 Å². The molecule has 1 N–H and O–H groups in total. The fourth-order valence-electron chi connectivity index (χ4n) is 8.87. The van der Waals surface area contributed by atoms with Gasteiger partial charge >= 0.3 is 12.2 Å². The maximum atomic E-state index is 13.9. The molecule has 268 valence electrons. The summed E-state index contributed by atoms with van der Waals surface area (Å²) in [5.74, 6) is 0.523. The third kappa shape index (κ3) is 5.98. The number of aromatic nitrogens is 4. The molecule has 2 aromatic heterocycles. The molecule has 2 aromatic carbocycles. The van der Waals surface area contributed by atoms with Gasteiger partial charge in [0.2, 0.25) is 5.91 Å². The number of halogens is 3. The number of nitrogens with one attached hydrogen (secondary N) is 1. The highest BCUT2D eigenvalue weighted by Crippen LogP contribution is 2.51. The average Bonchev–Trinajstić information content (AvgIpc) is 3.71. The maximum absolute atomic E-state index is 13.9. The van der Waals surface area contributed by atoms with Gasteiger partial charge in [0.25, 0.3) is 0 Å². The molecule has 4 fully saturated rings. The van der Waals surface area contributed by atoms with Gasteiger partial charge in [-0.15, -0.1) is 0 Å². The Morgan fingerprint density at radius 1 is 1.04 bits per heavy atom. The minimum atomic E-state index is -4.60. The topological polar surface area (TPSA) is 99.7 Å². The summed E-state index contributed by atoms with van der Waals surface area (Å²) in [6.45, 7) is 12.8. The van der Waals surface area contributed by atoms with Gasteiger partial charge in [0.1, 0.15) is 17.4 Å². The lowest BCUT2D eigenvalue weighted by atomic mass is 9.66. The summed E-state index contributed by atoms with van der Waals surface area (Å²) in [4.78, 5) is 28.4. The molecular formula is C38H42F3N7O3. The van der Waals surface area contributed by atoms with E-state index >= 15 is 0 Å². The van der Waals surface area contributed by atoms with Crippen LogP contribution < -0.4 is 14.4 Å². The van der Waals surface area contributed by atoms with Crippen LogP contribution >= 0.6 is 0 Å². The Hall–Kier alpha value is -4.65. The number of fused-ring (bicyclic) bond motifs is 2. The zero-order valence-corrected chi connectivity index (χ0v) is 29.0. The van der Waals surface area contributed by atoms with E-state index in [2.05, 4.69) is 40.2 Å². The van der Waals surface area contributed by atoms with Crippen LogP contribution in [0, 0.1) is 17.8 Å². The number of benzene rings is 2. The number of nitrogens with zero attached hydrogens (tertiary/aromatic N) is 6. The predicted octanol–water partition coefficient (Wildman–Crippen LogP) is 6.54. The third-order valence-corrected chi connectivity index (χ3v) is 11.5. The van der Waals surface area contributed by atoms with Crippen LogP contribution in [0.15, 0.2) is 43.6 Å². The summed E-state index contributed by atoms with van der Waals surface area (Å²) in [6, 6.07) is 5.83. The normalized spacial score (nSPS) is 23.1. The molecule has 4 aliphatic rings. The highest BCUT2D eigenvalue weighted by Gasteiger charge is 2.49. The number of carbonyl (C=O) groups excluding carboxylic acids is 1. The number of amides is 1. The lowest BCUT2D eigenvalue weighted by Crippen LogP contribution is -2.61. The highest BCUT2D eigenvalue weighted by atomic mass is 19.4. The Labute approximate surface area is 294 Å². The molecule has 0 unspecified atom stereocenters. The van der Waals surface area contributed by atoms with E-state index in [0.29, 0.717) is 54.1 Å². The molecule has 8 rings (SSSR count). The van der Waals surface area contributed by atoms with Crippen molar-refractivity contribution >= 4 is 39.6 Å². The van der Waals surface area contributed by atoms with E-state index in [1.807, 2.05) is 30.0 Å². The van der Waals surface area contributed by atoms with Crippen molar-refractivity contribution in [2.75, 3.05) is 57.8 Å². The van der Waals surface area contributed by atoms with Crippen LogP contribution in [-0.4, -0.2) is 101 Å². The largest absolute Gasteiger partial charge is 0.481 e. The molecule has 3 saturated heterocycles. The van der Waals surface area contributed by atoms with Crippen molar-refractivity contribution in [3.8, 4) is 22.9 Å². The average molecular weight is 702 g/mol. The molecule has 51 heavy (non-hydrogen) atoms. The zero-order valence-electron chi connectivity index (χ0n) is 29.0. The van der Waals surface area contributed by atoms with Gasteiger partial charge in [-0.1, -0.05) is 25.3 Å². The second kappa shape index (κ2) is 12.2. The van der Waals surface area contributed by atoms with E-state index in [1.54, 1.807) is 12.3 Å². The summed E-state index contributed by atoms with van der Waals surface area (Å²) in [5, 5.41) is 8.50. The van der Waals surface area contributed by atoms with Crippen LogP contribution in [0.4, 0.5) is 19.0 Å². The number of rotatable bonds is 8. The lowest BCUT2D eigenvalue weighted by molar-refractivity contribution is -0.153. The van der Waals surface area contributed by atoms with Crippen LogP contribution in [0.5, 0.6) is 11.8 Å². The van der Waals surface area contributed by atoms with Gasteiger partial charge in [-0.25, -0.2) is 0 Å². The Balaban J connectivity index is 1.25. The minimum Gasteiger partial charge on any atom is -0.481 e. The Bertz CT molecular complexity index is 2040. The summed E-state index contributed by atoms with van der Waals surface area (Å²) >= 11 is 0. The van der Waals surface area contributed by atoms with Gasteiger partial charge in [-0.05, 0) is 92.9 Å². The smallest absolute Gasteiger partial charge is 0.422 e. The van der Waals surface area contributed by atoms with Crippen molar-refractivity contribution in [1.82, 2.24) is 30.0 Å². The van der Waals surface area contributed by atoms with Gasteiger partial charge in [0.15, 0.2) is 12.4 Å². The second-order valence-corrected chi connectivity index (χ2v) is 15.1. The van der Waals surface area contributed by atoms with E-state index in [1.165, 1.54) is 6.08 Å². The summed E-state index contributed by atoms with van der Waals surface area (Å²) < 4.78 is 54.1. The first-order valence-corrected chi connectivity index (χ1v) is 17.5. The van der Waals surface area contributed by atoms with Crippen molar-refractivity contribution in [3.63, 3.8) is 0 Å². The number of carbonyl (C=O) groups is 1. The number of aromatic amines is 1. The van der Waals surface area contributed by atoms with Crippen LogP contribution in [0.1, 0.15) is 43.2 Å². The number of likely N-dealkylation sites (tertiary alicyclic amines) is 2.